The predicted octanol–water partition coefficient (Wildman–Crippen LogP) is 3.15. The number of nitrogens with one attached hydrogen (secondary N) is 1. The topological polar surface area (TPSA) is 46.2 Å². The third-order valence-electron chi connectivity index (χ3n) is 2.60. The fourth-order valence-electron chi connectivity index (χ4n) is 1.68. The first-order chi connectivity index (χ1) is 9.31. The minimum Gasteiger partial charge on any atom is -0.321 e. The first kappa shape index (κ1) is 12.8. The van der Waals surface area contributed by atoms with E-state index in [1.165, 1.54) is 6.08 Å². The second-order valence-corrected chi connectivity index (χ2v) is 3.90. The molecule has 2 aromatic rings. The fraction of sp³-hybridized carbons (Fsp3) is 0. The molecule has 0 aliphatic heterocycles. The summed E-state index contributed by atoms with van der Waals surface area (Å²) >= 11 is 0. The lowest BCUT2D eigenvalue weighted by Crippen LogP contribution is -2.12. The van der Waals surface area contributed by atoms with Crippen molar-refractivity contribution in [2.45, 2.75) is 0 Å². The summed E-state index contributed by atoms with van der Waals surface area (Å²) < 4.78 is 0. The number of amides is 1. The van der Waals surface area contributed by atoms with Crippen LogP contribution in [0.5, 0.6) is 0 Å². The molecule has 1 N–H and O–H groups in total. The van der Waals surface area contributed by atoms with Gasteiger partial charge in [0.25, 0.3) is 5.91 Å². The molecule has 2 aromatic carbocycles. The molecule has 0 bridgehead atoms. The van der Waals surface area contributed by atoms with Gasteiger partial charge in [0.05, 0.1) is 0 Å². The molecule has 0 saturated heterocycles. The van der Waals surface area contributed by atoms with Gasteiger partial charge < -0.3 is 5.32 Å². The molecule has 0 radical (unpaired) electrons. The van der Waals surface area contributed by atoms with Crippen molar-refractivity contribution in [1.82, 2.24) is 0 Å². The molecule has 94 valence electrons. The van der Waals surface area contributed by atoms with Crippen molar-refractivity contribution < 1.29 is 9.59 Å². The quantitative estimate of drug-likeness (QED) is 0.670. The fourth-order valence-corrected chi connectivity index (χ4v) is 1.68. The van der Waals surface area contributed by atoms with Crippen molar-refractivity contribution >= 4 is 24.0 Å². The van der Waals surface area contributed by atoms with Crippen molar-refractivity contribution in [2.75, 3.05) is 5.32 Å². The highest BCUT2D eigenvalue weighted by molar-refractivity contribution is 6.05. The Labute approximate surface area is 111 Å². The zero-order valence-electron chi connectivity index (χ0n) is 10.2. The number of hydrogen-bond acceptors (Lipinski definition) is 2. The van der Waals surface area contributed by atoms with E-state index in [4.69, 9.17) is 0 Å². The van der Waals surface area contributed by atoms with E-state index in [-0.39, 0.29) is 5.91 Å². The van der Waals surface area contributed by atoms with E-state index in [2.05, 4.69) is 5.32 Å². The average Bonchev–Trinajstić information content (AvgIpc) is 2.47. The minimum atomic E-state index is -0.174. The van der Waals surface area contributed by atoms with E-state index in [1.54, 1.807) is 24.3 Å². The molecule has 0 aliphatic rings. The third kappa shape index (κ3) is 3.39. The largest absolute Gasteiger partial charge is 0.321 e. The van der Waals surface area contributed by atoms with Crippen LogP contribution in [-0.4, -0.2) is 12.2 Å². The number of carbonyl (C=O) groups is 2. The zero-order chi connectivity index (χ0) is 13.5. The normalized spacial score (nSPS) is 10.3. The Kier molecular flexibility index (Phi) is 4.24. The zero-order valence-corrected chi connectivity index (χ0v) is 10.2. The summed E-state index contributed by atoms with van der Waals surface area (Å²) in [6.07, 6.45) is 3.76. The van der Waals surface area contributed by atoms with E-state index in [0.717, 1.165) is 5.56 Å². The molecule has 0 atom stereocenters. The molecular formula is C16H13NO2. The summed E-state index contributed by atoms with van der Waals surface area (Å²) in [6, 6.07) is 16.3. The van der Waals surface area contributed by atoms with Crippen LogP contribution in [0, 0.1) is 0 Å². The molecule has 0 aromatic heterocycles. The number of allylic oxidation sites excluding steroid dienone is 1. The van der Waals surface area contributed by atoms with Crippen LogP contribution in [0.25, 0.3) is 6.08 Å². The highest BCUT2D eigenvalue weighted by Gasteiger charge is 2.06. The summed E-state index contributed by atoms with van der Waals surface area (Å²) in [5.41, 5.74) is 2.06. The van der Waals surface area contributed by atoms with Crippen molar-refractivity contribution in [1.29, 1.82) is 0 Å². The first-order valence-electron chi connectivity index (χ1n) is 5.88. The summed E-state index contributed by atoms with van der Waals surface area (Å²) in [5, 5.41) is 2.83. The van der Waals surface area contributed by atoms with Crippen LogP contribution in [0.4, 0.5) is 5.69 Å². The number of rotatable bonds is 4. The number of hydrogen-bond donors (Lipinski definition) is 1. The Morgan fingerprint density at radius 3 is 2.37 bits per heavy atom. The van der Waals surface area contributed by atoms with Gasteiger partial charge >= 0.3 is 0 Å². The van der Waals surface area contributed by atoms with E-state index < -0.39 is 0 Å². The number of carbonyl (C=O) groups excluding carboxylic acids is 2. The SMILES string of the molecule is O=C/C=C/c1ccccc1NC(=O)c1ccccc1. The molecular weight excluding hydrogens is 238 g/mol. The Hall–Kier alpha value is -2.68. The Morgan fingerprint density at radius 1 is 0.947 bits per heavy atom. The van der Waals surface area contributed by atoms with Gasteiger partial charge in [-0.3, -0.25) is 9.59 Å². The molecule has 0 fully saturated rings. The maximum atomic E-state index is 12.0. The monoisotopic (exact) mass is 251 g/mol. The van der Waals surface area contributed by atoms with Crippen LogP contribution < -0.4 is 5.32 Å². The van der Waals surface area contributed by atoms with Crippen LogP contribution >= 0.6 is 0 Å². The summed E-state index contributed by atoms with van der Waals surface area (Å²) in [6.45, 7) is 0. The lowest BCUT2D eigenvalue weighted by Gasteiger charge is -2.08. The molecule has 0 unspecified atom stereocenters. The smallest absolute Gasteiger partial charge is 0.255 e. The summed E-state index contributed by atoms with van der Waals surface area (Å²) in [7, 11) is 0. The van der Waals surface area contributed by atoms with Crippen molar-refractivity contribution in [2.24, 2.45) is 0 Å². The molecule has 0 heterocycles. The number of benzene rings is 2. The van der Waals surface area contributed by atoms with Gasteiger partial charge in [0, 0.05) is 11.3 Å². The standard InChI is InChI=1S/C16H13NO2/c18-12-6-10-13-7-4-5-11-15(13)17-16(19)14-8-2-1-3-9-14/h1-12H,(H,17,19)/b10-6+. The van der Waals surface area contributed by atoms with Crippen LogP contribution in [0.3, 0.4) is 0 Å². The Balaban J connectivity index is 2.22. The molecule has 2 rings (SSSR count). The van der Waals surface area contributed by atoms with Gasteiger partial charge in [-0.1, -0.05) is 36.4 Å². The van der Waals surface area contributed by atoms with Gasteiger partial charge in [-0.05, 0) is 35.9 Å². The van der Waals surface area contributed by atoms with Gasteiger partial charge in [0.2, 0.25) is 0 Å². The predicted molar refractivity (Wildman–Crippen MR) is 75.9 cm³/mol. The van der Waals surface area contributed by atoms with E-state index in [9.17, 15) is 9.59 Å². The molecule has 0 spiro atoms. The lowest BCUT2D eigenvalue weighted by atomic mass is 10.1. The minimum absolute atomic E-state index is 0.174. The maximum absolute atomic E-state index is 12.0. The molecule has 3 heteroatoms. The number of aldehydes is 1. The van der Waals surface area contributed by atoms with Crippen LogP contribution in [0.1, 0.15) is 15.9 Å². The third-order valence-corrected chi connectivity index (χ3v) is 2.60. The first-order valence-corrected chi connectivity index (χ1v) is 5.88. The van der Waals surface area contributed by atoms with Gasteiger partial charge in [0.15, 0.2) is 0 Å². The summed E-state index contributed by atoms with van der Waals surface area (Å²) in [5.74, 6) is -0.174. The second-order valence-electron chi connectivity index (χ2n) is 3.90. The molecule has 0 saturated carbocycles. The molecule has 1 amide bonds. The van der Waals surface area contributed by atoms with E-state index in [0.29, 0.717) is 17.5 Å². The average molecular weight is 251 g/mol. The van der Waals surface area contributed by atoms with Crippen molar-refractivity contribution in [3.8, 4) is 0 Å². The van der Waals surface area contributed by atoms with E-state index >= 15 is 0 Å². The highest BCUT2D eigenvalue weighted by Crippen LogP contribution is 2.17. The Bertz CT molecular complexity index is 603. The van der Waals surface area contributed by atoms with Gasteiger partial charge in [-0.15, -0.1) is 0 Å². The van der Waals surface area contributed by atoms with E-state index in [1.807, 2.05) is 36.4 Å². The van der Waals surface area contributed by atoms with Crippen molar-refractivity contribution in [3.63, 3.8) is 0 Å². The molecule has 3 nitrogen and oxygen atoms in total. The van der Waals surface area contributed by atoms with Gasteiger partial charge in [-0.2, -0.15) is 0 Å². The van der Waals surface area contributed by atoms with Crippen LogP contribution in [0.15, 0.2) is 60.7 Å². The summed E-state index contributed by atoms with van der Waals surface area (Å²) in [4.78, 5) is 22.4. The van der Waals surface area contributed by atoms with Gasteiger partial charge in [-0.25, -0.2) is 0 Å². The van der Waals surface area contributed by atoms with Crippen molar-refractivity contribution in [3.05, 3.63) is 71.8 Å². The van der Waals surface area contributed by atoms with Crippen LogP contribution in [-0.2, 0) is 4.79 Å². The Morgan fingerprint density at radius 2 is 1.63 bits per heavy atom. The maximum Gasteiger partial charge on any atom is 0.255 e. The van der Waals surface area contributed by atoms with Gasteiger partial charge in [0.1, 0.15) is 6.29 Å². The second kappa shape index (κ2) is 6.31. The highest BCUT2D eigenvalue weighted by atomic mass is 16.1. The number of anilines is 1. The molecule has 0 aliphatic carbocycles. The lowest BCUT2D eigenvalue weighted by molar-refractivity contribution is -0.104. The number of para-hydroxylation sites is 1. The van der Waals surface area contributed by atoms with Crippen LogP contribution in [0.2, 0.25) is 0 Å². The molecule has 19 heavy (non-hydrogen) atoms.